The molecule has 2 rings (SSSR count). The van der Waals surface area contributed by atoms with Gasteiger partial charge in [-0.1, -0.05) is 38.5 Å². The van der Waals surface area contributed by atoms with E-state index in [0.717, 1.165) is 22.4 Å². The van der Waals surface area contributed by atoms with Crippen molar-refractivity contribution in [3.8, 4) is 17.2 Å². The van der Waals surface area contributed by atoms with Crippen molar-refractivity contribution in [3.63, 3.8) is 0 Å². The summed E-state index contributed by atoms with van der Waals surface area (Å²) in [7, 11) is 3.24. The van der Waals surface area contributed by atoms with Gasteiger partial charge < -0.3 is 19.5 Å². The summed E-state index contributed by atoms with van der Waals surface area (Å²) in [5.41, 5.74) is 4.44. The number of aryl methyl sites for hydroxylation is 2. The molecule has 0 fully saturated rings. The molecular weight excluding hydrogens is 366 g/mol. The second-order valence-corrected chi connectivity index (χ2v) is 8.27. The van der Waals surface area contributed by atoms with E-state index >= 15 is 0 Å². The minimum Gasteiger partial charge on any atom is -0.493 e. The highest BCUT2D eigenvalue weighted by Crippen LogP contribution is 2.32. The number of hydrogen-bond acceptors (Lipinski definition) is 4. The van der Waals surface area contributed by atoms with Crippen LogP contribution in [0, 0.1) is 13.8 Å². The molecule has 0 saturated heterocycles. The summed E-state index contributed by atoms with van der Waals surface area (Å²) in [5.74, 6) is 2.02. The summed E-state index contributed by atoms with van der Waals surface area (Å²) >= 11 is 0. The Kier molecular flexibility index (Phi) is 7.54. The summed E-state index contributed by atoms with van der Waals surface area (Å²) in [5, 5.41) is 2.93. The molecule has 0 heterocycles. The van der Waals surface area contributed by atoms with Gasteiger partial charge in [0.1, 0.15) is 5.75 Å². The number of carbonyl (C=O) groups excluding carboxylic acids is 1. The van der Waals surface area contributed by atoms with Crippen molar-refractivity contribution in [3.05, 3.63) is 52.6 Å². The zero-order chi connectivity index (χ0) is 21.6. The van der Waals surface area contributed by atoms with Gasteiger partial charge in [-0.3, -0.25) is 4.79 Å². The van der Waals surface area contributed by atoms with E-state index in [4.69, 9.17) is 14.2 Å². The Labute approximate surface area is 174 Å². The first kappa shape index (κ1) is 22.6. The van der Waals surface area contributed by atoms with Gasteiger partial charge in [0.05, 0.1) is 14.2 Å². The van der Waals surface area contributed by atoms with E-state index in [1.807, 2.05) is 31.2 Å². The Morgan fingerprint density at radius 2 is 1.62 bits per heavy atom. The van der Waals surface area contributed by atoms with Crippen LogP contribution in [0.25, 0.3) is 0 Å². The molecule has 1 N–H and O–H groups in total. The summed E-state index contributed by atoms with van der Waals surface area (Å²) in [6.45, 7) is 11.0. The lowest BCUT2D eigenvalue weighted by Crippen LogP contribution is -2.31. The number of ether oxygens (including phenoxy) is 3. The van der Waals surface area contributed by atoms with E-state index in [2.05, 4.69) is 39.1 Å². The number of nitrogens with one attached hydrogen (secondary N) is 1. The molecule has 2 aromatic rings. The third-order valence-electron chi connectivity index (χ3n) is 4.86. The molecule has 0 aromatic heterocycles. The zero-order valence-electron chi connectivity index (χ0n) is 18.6. The molecule has 0 aliphatic carbocycles. The molecule has 1 amide bonds. The SMILES string of the molecule is COc1cc(C)c(CCNC(=O)COc2ccc(C)cc2C(C)(C)C)cc1OC. The molecule has 0 atom stereocenters. The Bertz CT molecular complexity index is 853. The first-order valence-electron chi connectivity index (χ1n) is 9.88. The van der Waals surface area contributed by atoms with Crippen LogP contribution >= 0.6 is 0 Å². The van der Waals surface area contributed by atoms with Gasteiger partial charge in [-0.25, -0.2) is 0 Å². The molecule has 0 saturated carbocycles. The van der Waals surface area contributed by atoms with Crippen molar-refractivity contribution in [2.45, 2.75) is 46.5 Å². The van der Waals surface area contributed by atoms with Crippen LogP contribution in [0.5, 0.6) is 17.2 Å². The Hall–Kier alpha value is -2.69. The van der Waals surface area contributed by atoms with Crippen molar-refractivity contribution < 1.29 is 19.0 Å². The number of carbonyl (C=O) groups is 1. The van der Waals surface area contributed by atoms with Crippen LogP contribution in [0.3, 0.4) is 0 Å². The van der Waals surface area contributed by atoms with Crippen LogP contribution < -0.4 is 19.5 Å². The average molecular weight is 400 g/mol. The molecule has 2 aromatic carbocycles. The molecule has 0 spiro atoms. The Balaban J connectivity index is 1.92. The highest BCUT2D eigenvalue weighted by molar-refractivity contribution is 5.77. The maximum atomic E-state index is 12.3. The van der Waals surface area contributed by atoms with E-state index in [0.29, 0.717) is 24.5 Å². The van der Waals surface area contributed by atoms with Crippen LogP contribution in [0.15, 0.2) is 30.3 Å². The van der Waals surface area contributed by atoms with E-state index in [-0.39, 0.29) is 17.9 Å². The fourth-order valence-electron chi connectivity index (χ4n) is 3.18. The summed E-state index contributed by atoms with van der Waals surface area (Å²) in [6.07, 6.45) is 0.704. The topological polar surface area (TPSA) is 56.8 Å². The van der Waals surface area contributed by atoms with Gasteiger partial charge in [-0.15, -0.1) is 0 Å². The molecule has 5 nitrogen and oxygen atoms in total. The molecule has 0 aliphatic rings. The van der Waals surface area contributed by atoms with Crippen molar-refractivity contribution >= 4 is 5.91 Å². The number of methoxy groups -OCH3 is 2. The van der Waals surface area contributed by atoms with Crippen molar-refractivity contribution in [1.82, 2.24) is 5.32 Å². The largest absolute Gasteiger partial charge is 0.493 e. The number of hydrogen-bond donors (Lipinski definition) is 1. The van der Waals surface area contributed by atoms with E-state index in [1.54, 1.807) is 14.2 Å². The maximum absolute atomic E-state index is 12.3. The summed E-state index contributed by atoms with van der Waals surface area (Å²) < 4.78 is 16.5. The van der Waals surface area contributed by atoms with Gasteiger partial charge in [0, 0.05) is 6.54 Å². The number of benzene rings is 2. The van der Waals surface area contributed by atoms with Crippen molar-refractivity contribution in [1.29, 1.82) is 0 Å². The molecule has 0 radical (unpaired) electrons. The molecular formula is C24H33NO4. The van der Waals surface area contributed by atoms with Crippen LogP contribution in [0.1, 0.15) is 43.0 Å². The molecule has 5 heteroatoms. The lowest BCUT2D eigenvalue weighted by Gasteiger charge is -2.23. The van der Waals surface area contributed by atoms with Crippen molar-refractivity contribution in [2.24, 2.45) is 0 Å². The van der Waals surface area contributed by atoms with E-state index in [1.165, 1.54) is 5.56 Å². The van der Waals surface area contributed by atoms with Crippen LogP contribution in [-0.2, 0) is 16.6 Å². The monoisotopic (exact) mass is 399 g/mol. The fraction of sp³-hybridized carbons (Fsp3) is 0.458. The maximum Gasteiger partial charge on any atom is 0.257 e. The third kappa shape index (κ3) is 6.14. The predicted octanol–water partition coefficient (Wildman–Crippen LogP) is 4.36. The standard InChI is InChI=1S/C24H33NO4/c1-16-8-9-20(19(12-16)24(3,4)5)29-15-23(26)25-11-10-18-14-22(28-7)21(27-6)13-17(18)2/h8-9,12-14H,10-11,15H2,1-7H3,(H,25,26). The molecule has 158 valence electrons. The fourth-order valence-corrected chi connectivity index (χ4v) is 3.18. The van der Waals surface area contributed by atoms with Gasteiger partial charge in [0.25, 0.3) is 5.91 Å². The first-order valence-corrected chi connectivity index (χ1v) is 9.88. The highest BCUT2D eigenvalue weighted by Gasteiger charge is 2.19. The lowest BCUT2D eigenvalue weighted by atomic mass is 9.85. The smallest absolute Gasteiger partial charge is 0.257 e. The zero-order valence-corrected chi connectivity index (χ0v) is 18.6. The predicted molar refractivity (Wildman–Crippen MR) is 116 cm³/mol. The van der Waals surface area contributed by atoms with Gasteiger partial charge in [-0.05, 0) is 60.6 Å². The average Bonchev–Trinajstić information content (AvgIpc) is 2.67. The van der Waals surface area contributed by atoms with Crippen LogP contribution in [0.2, 0.25) is 0 Å². The van der Waals surface area contributed by atoms with Gasteiger partial charge in [0.2, 0.25) is 0 Å². The molecule has 0 unspecified atom stereocenters. The Morgan fingerprint density at radius 3 is 2.24 bits per heavy atom. The highest BCUT2D eigenvalue weighted by atomic mass is 16.5. The van der Waals surface area contributed by atoms with E-state index in [9.17, 15) is 4.79 Å². The number of rotatable bonds is 8. The molecule has 0 aliphatic heterocycles. The van der Waals surface area contributed by atoms with Gasteiger partial charge in [0.15, 0.2) is 18.1 Å². The number of amides is 1. The molecule has 29 heavy (non-hydrogen) atoms. The van der Waals surface area contributed by atoms with Crippen LogP contribution in [0.4, 0.5) is 0 Å². The summed E-state index contributed by atoms with van der Waals surface area (Å²) in [4.78, 5) is 12.3. The normalized spacial score (nSPS) is 11.1. The minimum absolute atomic E-state index is 0.00292. The molecule has 0 bridgehead atoms. The minimum atomic E-state index is -0.136. The lowest BCUT2D eigenvalue weighted by molar-refractivity contribution is -0.123. The van der Waals surface area contributed by atoms with Gasteiger partial charge >= 0.3 is 0 Å². The second-order valence-electron chi connectivity index (χ2n) is 8.27. The van der Waals surface area contributed by atoms with E-state index < -0.39 is 0 Å². The summed E-state index contributed by atoms with van der Waals surface area (Å²) in [6, 6.07) is 9.97. The quantitative estimate of drug-likeness (QED) is 0.717. The first-order chi connectivity index (χ1) is 13.7. The second kappa shape index (κ2) is 9.68. The third-order valence-corrected chi connectivity index (χ3v) is 4.86. The van der Waals surface area contributed by atoms with Crippen LogP contribution in [-0.4, -0.2) is 33.3 Å². The Morgan fingerprint density at radius 1 is 0.966 bits per heavy atom. The van der Waals surface area contributed by atoms with Gasteiger partial charge in [-0.2, -0.15) is 0 Å². The van der Waals surface area contributed by atoms with Crippen molar-refractivity contribution in [2.75, 3.05) is 27.4 Å².